The Hall–Kier alpha value is -7.18. The zero-order valence-corrected chi connectivity index (χ0v) is 43.8. The molecule has 6 unspecified atom stereocenters. The number of anilines is 1. The van der Waals surface area contributed by atoms with E-state index in [1.54, 1.807) is 6.20 Å². The molecule has 6 atom stereocenters. The fourth-order valence-corrected chi connectivity index (χ4v) is 9.49. The molecule has 0 spiro atoms. The summed E-state index contributed by atoms with van der Waals surface area (Å²) in [4.78, 5) is 61.5. The normalized spacial score (nSPS) is 17.7. The number of benzene rings is 2. The van der Waals surface area contributed by atoms with Crippen LogP contribution in [0.1, 0.15) is 83.2 Å². The number of pyridine rings is 1. The highest BCUT2D eigenvalue weighted by atomic mass is 19.4. The van der Waals surface area contributed by atoms with Crippen molar-refractivity contribution in [2.24, 2.45) is 10.8 Å². The van der Waals surface area contributed by atoms with Crippen molar-refractivity contribution in [1.82, 2.24) is 46.0 Å². The van der Waals surface area contributed by atoms with Crippen LogP contribution in [0.25, 0.3) is 11.1 Å². The van der Waals surface area contributed by atoms with E-state index in [4.69, 9.17) is 0 Å². The van der Waals surface area contributed by atoms with Gasteiger partial charge < -0.3 is 35.8 Å². The number of carboxylic acid groups (broad SMARTS) is 1. The molecule has 0 radical (unpaired) electrons. The highest BCUT2D eigenvalue weighted by Gasteiger charge is 2.57. The van der Waals surface area contributed by atoms with Gasteiger partial charge in [0, 0.05) is 79.0 Å². The third-order valence-electron chi connectivity index (χ3n) is 14.2. The Kier molecular flexibility index (Phi) is 18.9. The number of alkyl carbamates (subject to hydrolysis) is 1. The minimum absolute atomic E-state index is 0.186. The smallest absolute Gasteiger partial charge is 0.407 e. The number of nitrogens with zero attached hydrogens (tertiary/aromatic N) is 6. The van der Waals surface area contributed by atoms with Crippen molar-refractivity contribution in [1.29, 1.82) is 0 Å². The number of halogens is 10. The van der Waals surface area contributed by atoms with Gasteiger partial charge in [-0.25, -0.2) is 33.0 Å². The number of alkyl halides is 8. The minimum Gasteiger partial charge on any atom is -0.465 e. The number of aliphatic hydroxyl groups excluding tert-OH is 1. The summed E-state index contributed by atoms with van der Waals surface area (Å²) in [6.07, 6.45) is -11.2. The van der Waals surface area contributed by atoms with Crippen LogP contribution in [0.2, 0.25) is 0 Å². The number of hydrazine groups is 1. The molecule has 4 amide bonds. The van der Waals surface area contributed by atoms with Gasteiger partial charge in [-0.15, -0.1) is 0 Å². The van der Waals surface area contributed by atoms with Gasteiger partial charge in [-0.3, -0.25) is 19.9 Å². The molecule has 2 fully saturated rings. The summed E-state index contributed by atoms with van der Waals surface area (Å²) in [6, 6.07) is 5.43. The number of aromatic nitrogens is 3. The number of amides is 4. The molecule has 430 valence electrons. The highest BCUT2D eigenvalue weighted by Crippen LogP contribution is 2.42. The van der Waals surface area contributed by atoms with Crippen LogP contribution >= 0.6 is 0 Å². The minimum atomic E-state index is -5.28. The Morgan fingerprint density at radius 3 is 1.85 bits per heavy atom. The molecule has 0 saturated carbocycles. The maximum Gasteiger partial charge on any atom is 0.407 e. The van der Waals surface area contributed by atoms with Gasteiger partial charge >= 0.3 is 31.1 Å². The fraction of sp³-hybridized carbons (Fsp3) is 0.500. The summed E-state index contributed by atoms with van der Waals surface area (Å²) in [6.45, 7) is 2.74. The number of aliphatic hydroxyl groups is 1. The number of hydrogen-bond acceptors (Lipinski definition) is 11. The number of carbonyl (C=O) groups is 4. The average molecular weight is 1130 g/mol. The lowest BCUT2D eigenvalue weighted by Gasteiger charge is -2.43. The summed E-state index contributed by atoms with van der Waals surface area (Å²) in [5.41, 5.74) is -4.45. The van der Waals surface area contributed by atoms with Gasteiger partial charge in [0.25, 0.3) is 5.91 Å². The zero-order valence-electron chi connectivity index (χ0n) is 43.8. The van der Waals surface area contributed by atoms with Crippen LogP contribution in [0.4, 0.5) is 59.3 Å². The first kappa shape index (κ1) is 61.0. The van der Waals surface area contributed by atoms with E-state index in [-0.39, 0.29) is 21.4 Å². The monoisotopic (exact) mass is 1130 g/mol. The lowest BCUT2D eigenvalue weighted by atomic mass is 9.82. The van der Waals surface area contributed by atoms with Crippen LogP contribution in [0.3, 0.4) is 0 Å². The molecule has 79 heavy (non-hydrogen) atoms. The van der Waals surface area contributed by atoms with Crippen LogP contribution in [-0.4, -0.2) is 140 Å². The number of hydrogen-bond donors (Lipinski definition) is 6. The first-order chi connectivity index (χ1) is 36.8. The lowest BCUT2D eigenvalue weighted by molar-refractivity contribution is -0.221. The molecule has 0 aliphatic carbocycles. The lowest BCUT2D eigenvalue weighted by Crippen LogP contribution is -2.63. The maximum absolute atomic E-state index is 16.0. The van der Waals surface area contributed by atoms with Crippen molar-refractivity contribution in [3.63, 3.8) is 0 Å². The van der Waals surface area contributed by atoms with Gasteiger partial charge in [-0.05, 0) is 108 Å². The first-order valence-electron chi connectivity index (χ1n) is 24.7. The van der Waals surface area contributed by atoms with Crippen molar-refractivity contribution in [3.8, 4) is 23.0 Å². The summed E-state index contributed by atoms with van der Waals surface area (Å²) < 4.78 is 150. The number of nitrogens with one attached hydrogen (secondary N) is 4. The van der Waals surface area contributed by atoms with Crippen LogP contribution in [-0.2, 0) is 27.3 Å². The van der Waals surface area contributed by atoms with Crippen molar-refractivity contribution in [3.05, 3.63) is 101 Å². The van der Waals surface area contributed by atoms with E-state index in [0.717, 1.165) is 51.3 Å². The largest absolute Gasteiger partial charge is 0.465 e. The number of ether oxygens (including phenoxy) is 1. The molecule has 4 aromatic rings. The Balaban J connectivity index is 1.32. The third kappa shape index (κ3) is 14.6. The third-order valence-corrected chi connectivity index (χ3v) is 14.2. The van der Waals surface area contributed by atoms with Gasteiger partial charge in [-0.2, -0.15) is 40.2 Å². The molecule has 2 aliphatic heterocycles. The number of carbonyl (C=O) groups excluding carboxylic acids is 3. The molecule has 2 saturated heterocycles. The molecule has 6 N–H and O–H groups in total. The van der Waals surface area contributed by atoms with Gasteiger partial charge in [0.15, 0.2) is 0 Å². The summed E-state index contributed by atoms with van der Waals surface area (Å²) in [5, 5.41) is 31.0. The Labute approximate surface area is 448 Å². The molecule has 2 bridgehead atoms. The highest BCUT2D eigenvalue weighted by molar-refractivity contribution is 5.87. The van der Waals surface area contributed by atoms with Crippen molar-refractivity contribution >= 4 is 29.8 Å². The fourth-order valence-electron chi connectivity index (χ4n) is 9.49. The van der Waals surface area contributed by atoms with Crippen LogP contribution in [0.15, 0.2) is 67.1 Å². The Bertz CT molecular complexity index is 2840. The molecule has 17 nitrogen and oxygen atoms in total. The zero-order chi connectivity index (χ0) is 58.5. The summed E-state index contributed by atoms with van der Waals surface area (Å²) in [7, 11) is 0.812. The number of rotatable bonds is 19. The van der Waals surface area contributed by atoms with Crippen molar-refractivity contribution in [2.75, 3.05) is 31.6 Å². The van der Waals surface area contributed by atoms with E-state index in [1.165, 1.54) is 29.6 Å². The maximum atomic E-state index is 16.0. The van der Waals surface area contributed by atoms with Gasteiger partial charge in [-0.1, -0.05) is 24.0 Å². The first-order valence-corrected chi connectivity index (χ1v) is 24.7. The van der Waals surface area contributed by atoms with Gasteiger partial charge in [0.1, 0.15) is 29.5 Å². The predicted octanol–water partition coefficient (Wildman–Crippen LogP) is 7.54. The molecule has 2 aromatic carbocycles. The number of methoxy groups -OCH3 is 1. The number of piperazine rings is 1. The SMILES string of the molecule is COC(=O)NC(C(=O)NC(Cc1ccc(C#Cc2ccc(N3CC4CCC(C3)N4C(C)C)nc2)cc1)C(O)CN(Cc1c(F)cc(-c2cnn(C(F)F)c2)cc1F)NC(=O)C(NC(=O)O)C(C)(C)C(F)(F)F)C(C)(C)C(F)(F)F. The molecule has 6 rings (SSSR count). The molecular formula is C52H60F10N10O7. The second-order valence-electron chi connectivity index (χ2n) is 20.7. The molecular weight excluding hydrogens is 1070 g/mol. The average Bonchev–Trinajstić information content (AvgIpc) is 3.99. The second kappa shape index (κ2) is 24.5. The van der Waals surface area contributed by atoms with E-state index in [1.807, 2.05) is 22.9 Å². The van der Waals surface area contributed by atoms with E-state index < -0.39 is 115 Å². The second-order valence-corrected chi connectivity index (χ2v) is 20.7. The van der Waals surface area contributed by atoms with E-state index in [2.05, 4.69) is 55.6 Å². The Morgan fingerprint density at radius 2 is 1.35 bits per heavy atom. The number of fused-ring (bicyclic) bond motifs is 2. The van der Waals surface area contributed by atoms with Crippen LogP contribution in [0, 0.1) is 34.3 Å². The standard InChI is InChI=1S/C52H60F10N10O7/c1-28(2)72-34-15-16-35(72)25-69(24-34)41-17-14-31(21-63-41)13-10-29-8-11-30(12-9-29)18-39(65-44(74)42(67-48(78)79-7)49(3,4)51(57,58)59)40(73)27-70(68-45(75)43(66-47(76)77)50(5,6)52(60,61)62)26-36-37(53)19-32(20-38(36)54)33-22-64-71(23-33)46(55)56/h8-9,11-12,14,17,19-23,28,34-35,39-40,42-43,46,66,73H,15-16,18,24-27H2,1-7H3,(H,65,74)(H,67,78)(H,68,75)(H,76,77). The molecule has 27 heteroatoms. The molecule has 2 aromatic heterocycles. The predicted molar refractivity (Wildman–Crippen MR) is 266 cm³/mol. The topological polar surface area (TPSA) is 207 Å². The van der Waals surface area contributed by atoms with Crippen LogP contribution < -0.4 is 26.3 Å². The van der Waals surface area contributed by atoms with Crippen LogP contribution in [0.5, 0.6) is 0 Å². The van der Waals surface area contributed by atoms with Crippen molar-refractivity contribution in [2.45, 2.75) is 129 Å². The van der Waals surface area contributed by atoms with Gasteiger partial charge in [0.2, 0.25) is 5.91 Å². The van der Waals surface area contributed by atoms with E-state index in [9.17, 15) is 64.5 Å². The summed E-state index contributed by atoms with van der Waals surface area (Å²) in [5.74, 6) is 0.647. The quantitative estimate of drug-likeness (QED) is 0.0306. The van der Waals surface area contributed by atoms with E-state index in [0.29, 0.717) is 74.1 Å². The molecule has 4 heterocycles. The van der Waals surface area contributed by atoms with Gasteiger partial charge in [0.05, 0.1) is 36.3 Å². The summed E-state index contributed by atoms with van der Waals surface area (Å²) >= 11 is 0. The van der Waals surface area contributed by atoms with E-state index >= 15 is 8.78 Å². The molecule has 2 aliphatic rings. The Morgan fingerprint density at radius 1 is 0.797 bits per heavy atom. The van der Waals surface area contributed by atoms with Crippen molar-refractivity contribution < 1.29 is 78.0 Å².